The van der Waals surface area contributed by atoms with Crippen molar-refractivity contribution in [3.63, 3.8) is 0 Å². The molecule has 5 heteroatoms. The van der Waals surface area contributed by atoms with Gasteiger partial charge in [0.05, 0.1) is 24.8 Å². The number of methoxy groups -OCH3 is 1. The van der Waals surface area contributed by atoms with Crippen LogP contribution in [-0.4, -0.2) is 42.2 Å². The molecule has 4 nitrogen and oxygen atoms in total. The maximum atomic E-state index is 12.3. The van der Waals surface area contributed by atoms with Crippen molar-refractivity contribution in [1.82, 2.24) is 4.90 Å². The second-order valence-electron chi connectivity index (χ2n) is 4.33. The lowest BCUT2D eigenvalue weighted by Gasteiger charge is -2.23. The third-order valence-corrected chi connectivity index (χ3v) is 3.56. The Balaban J connectivity index is 2.23. The van der Waals surface area contributed by atoms with Crippen molar-refractivity contribution in [2.75, 3.05) is 20.3 Å². The highest BCUT2D eigenvalue weighted by atomic mass is 35.5. The molecule has 0 radical (unpaired) electrons. The third kappa shape index (κ3) is 2.44. The topological polar surface area (TPSA) is 49.8 Å². The van der Waals surface area contributed by atoms with Gasteiger partial charge in [0, 0.05) is 12.1 Å². The first-order chi connectivity index (χ1) is 8.67. The van der Waals surface area contributed by atoms with Gasteiger partial charge in [0.15, 0.2) is 0 Å². The average Bonchev–Trinajstić information content (AvgIpc) is 2.86. The van der Waals surface area contributed by atoms with E-state index in [1.807, 2.05) is 0 Å². The van der Waals surface area contributed by atoms with Crippen molar-refractivity contribution in [2.24, 2.45) is 0 Å². The highest BCUT2D eigenvalue weighted by Crippen LogP contribution is 2.27. The zero-order valence-electron chi connectivity index (χ0n) is 10.2. The molecule has 1 aliphatic heterocycles. The van der Waals surface area contributed by atoms with Crippen LogP contribution in [-0.2, 0) is 0 Å². The van der Waals surface area contributed by atoms with Crippen molar-refractivity contribution in [3.05, 3.63) is 28.8 Å². The zero-order chi connectivity index (χ0) is 13.1. The molecule has 0 aromatic heterocycles. The number of aliphatic hydroxyl groups is 1. The first kappa shape index (κ1) is 13.2. The van der Waals surface area contributed by atoms with Crippen molar-refractivity contribution < 1.29 is 14.6 Å². The van der Waals surface area contributed by atoms with E-state index in [1.165, 1.54) is 7.11 Å². The van der Waals surface area contributed by atoms with Crippen molar-refractivity contribution in [1.29, 1.82) is 0 Å². The van der Waals surface area contributed by atoms with Crippen LogP contribution in [0.2, 0.25) is 5.02 Å². The van der Waals surface area contributed by atoms with Crippen LogP contribution < -0.4 is 4.74 Å². The van der Waals surface area contributed by atoms with E-state index < -0.39 is 0 Å². The molecular weight excluding hydrogens is 254 g/mol. The summed E-state index contributed by atoms with van der Waals surface area (Å²) < 4.78 is 5.10. The largest absolute Gasteiger partial charge is 0.495 e. The molecular formula is C13H16ClNO3. The van der Waals surface area contributed by atoms with Crippen LogP contribution in [0.25, 0.3) is 0 Å². The Morgan fingerprint density at radius 2 is 2.39 bits per heavy atom. The van der Waals surface area contributed by atoms with E-state index in [9.17, 15) is 9.90 Å². The van der Waals surface area contributed by atoms with Crippen LogP contribution in [0.15, 0.2) is 18.2 Å². The minimum atomic E-state index is -0.0819. The Bertz CT molecular complexity index is 450. The predicted octanol–water partition coefficient (Wildman–Crippen LogP) is 1.95. The van der Waals surface area contributed by atoms with Crippen LogP contribution in [0.1, 0.15) is 23.2 Å². The monoisotopic (exact) mass is 269 g/mol. The highest BCUT2D eigenvalue weighted by Gasteiger charge is 2.29. The first-order valence-electron chi connectivity index (χ1n) is 5.92. The van der Waals surface area contributed by atoms with E-state index in [1.54, 1.807) is 23.1 Å². The quantitative estimate of drug-likeness (QED) is 0.912. The van der Waals surface area contributed by atoms with Gasteiger partial charge in [-0.25, -0.2) is 0 Å². The number of amides is 1. The molecule has 1 unspecified atom stereocenters. The molecule has 0 bridgehead atoms. The maximum absolute atomic E-state index is 12.3. The molecule has 1 amide bonds. The summed E-state index contributed by atoms with van der Waals surface area (Å²) >= 11 is 5.93. The van der Waals surface area contributed by atoms with E-state index in [0.717, 1.165) is 12.8 Å². The Kier molecular flexibility index (Phi) is 4.09. The van der Waals surface area contributed by atoms with E-state index in [4.69, 9.17) is 16.3 Å². The van der Waals surface area contributed by atoms with Gasteiger partial charge in [-0.2, -0.15) is 0 Å². The molecule has 0 spiro atoms. The lowest BCUT2D eigenvalue weighted by molar-refractivity contribution is 0.0677. The number of carbonyl (C=O) groups excluding carboxylic acids is 1. The van der Waals surface area contributed by atoms with Gasteiger partial charge < -0.3 is 14.7 Å². The number of rotatable bonds is 3. The predicted molar refractivity (Wildman–Crippen MR) is 69.1 cm³/mol. The Morgan fingerprint density at radius 1 is 1.61 bits per heavy atom. The number of aliphatic hydroxyl groups excluding tert-OH is 1. The standard InChI is InChI=1S/C13H16ClNO3/c1-18-12-7-9(4-5-11(12)14)13(17)15-6-2-3-10(15)8-16/h4-5,7,10,16H,2-3,6,8H2,1H3. The summed E-state index contributed by atoms with van der Waals surface area (Å²) in [7, 11) is 1.52. The summed E-state index contributed by atoms with van der Waals surface area (Å²) in [6, 6.07) is 4.90. The van der Waals surface area contributed by atoms with Gasteiger partial charge in [-0.3, -0.25) is 4.79 Å². The smallest absolute Gasteiger partial charge is 0.254 e. The van der Waals surface area contributed by atoms with E-state index in [2.05, 4.69) is 0 Å². The zero-order valence-corrected chi connectivity index (χ0v) is 11.0. The Hall–Kier alpha value is -1.26. The molecule has 2 rings (SSSR count). The van der Waals surface area contributed by atoms with E-state index >= 15 is 0 Å². The Labute approximate surface area is 111 Å². The minimum absolute atomic E-state index is 0.0104. The fourth-order valence-electron chi connectivity index (χ4n) is 2.25. The van der Waals surface area contributed by atoms with Gasteiger partial charge in [0.2, 0.25) is 0 Å². The number of benzene rings is 1. The molecule has 1 saturated heterocycles. The van der Waals surface area contributed by atoms with Crippen molar-refractivity contribution in [2.45, 2.75) is 18.9 Å². The van der Waals surface area contributed by atoms with Crippen molar-refractivity contribution >= 4 is 17.5 Å². The average molecular weight is 270 g/mol. The van der Waals surface area contributed by atoms with Gasteiger partial charge in [0.1, 0.15) is 5.75 Å². The summed E-state index contributed by atoms with van der Waals surface area (Å²) in [5, 5.41) is 9.72. The van der Waals surface area contributed by atoms with Gasteiger partial charge in [0.25, 0.3) is 5.91 Å². The number of nitrogens with zero attached hydrogens (tertiary/aromatic N) is 1. The highest BCUT2D eigenvalue weighted by molar-refractivity contribution is 6.32. The third-order valence-electron chi connectivity index (χ3n) is 3.25. The molecule has 18 heavy (non-hydrogen) atoms. The summed E-state index contributed by atoms with van der Waals surface area (Å²) in [6.07, 6.45) is 1.79. The van der Waals surface area contributed by atoms with Crippen LogP contribution in [0.3, 0.4) is 0 Å². The normalized spacial score (nSPS) is 19.1. The second-order valence-corrected chi connectivity index (χ2v) is 4.73. The fourth-order valence-corrected chi connectivity index (χ4v) is 2.45. The number of hydrogen-bond acceptors (Lipinski definition) is 3. The second kappa shape index (κ2) is 5.59. The first-order valence-corrected chi connectivity index (χ1v) is 6.30. The van der Waals surface area contributed by atoms with Crippen molar-refractivity contribution in [3.8, 4) is 5.75 Å². The Morgan fingerprint density at radius 3 is 3.06 bits per heavy atom. The summed E-state index contributed by atoms with van der Waals surface area (Å²) in [5.41, 5.74) is 0.539. The van der Waals surface area contributed by atoms with Crippen LogP contribution in [0, 0.1) is 0 Å². The molecule has 1 N–H and O–H groups in total. The number of carbonyl (C=O) groups is 1. The summed E-state index contributed by atoms with van der Waals surface area (Å²) in [5.74, 6) is 0.406. The van der Waals surface area contributed by atoms with Gasteiger partial charge >= 0.3 is 0 Å². The lowest BCUT2D eigenvalue weighted by atomic mass is 10.1. The molecule has 1 fully saturated rings. The lowest BCUT2D eigenvalue weighted by Crippen LogP contribution is -2.37. The van der Waals surface area contributed by atoms with Gasteiger partial charge in [-0.1, -0.05) is 11.6 Å². The van der Waals surface area contributed by atoms with Gasteiger partial charge in [-0.15, -0.1) is 0 Å². The molecule has 1 heterocycles. The van der Waals surface area contributed by atoms with Crippen LogP contribution in [0.5, 0.6) is 5.75 Å². The summed E-state index contributed by atoms with van der Waals surface area (Å²) in [6.45, 7) is 0.700. The van der Waals surface area contributed by atoms with Crippen LogP contribution >= 0.6 is 11.6 Å². The molecule has 1 aromatic rings. The number of hydrogen-bond donors (Lipinski definition) is 1. The van der Waals surface area contributed by atoms with Crippen LogP contribution in [0.4, 0.5) is 0 Å². The van der Waals surface area contributed by atoms with Gasteiger partial charge in [-0.05, 0) is 31.0 Å². The van der Waals surface area contributed by atoms with E-state index in [0.29, 0.717) is 22.9 Å². The summed E-state index contributed by atoms with van der Waals surface area (Å²) in [4.78, 5) is 14.0. The molecule has 98 valence electrons. The SMILES string of the molecule is COc1cc(C(=O)N2CCCC2CO)ccc1Cl. The number of likely N-dealkylation sites (tertiary alicyclic amines) is 1. The molecule has 1 aliphatic rings. The molecule has 1 aromatic carbocycles. The number of halogens is 1. The van der Waals surface area contributed by atoms with E-state index in [-0.39, 0.29) is 18.6 Å². The maximum Gasteiger partial charge on any atom is 0.254 e. The number of ether oxygens (including phenoxy) is 1. The molecule has 0 aliphatic carbocycles. The molecule has 1 atom stereocenters. The molecule has 0 saturated carbocycles. The minimum Gasteiger partial charge on any atom is -0.495 e. The fraction of sp³-hybridized carbons (Fsp3) is 0.462.